The molecule has 42 heavy (non-hydrogen) atoms. The molecule has 1 atom stereocenters. The van der Waals surface area contributed by atoms with Gasteiger partial charge in [0.2, 0.25) is 5.13 Å². The lowest BCUT2D eigenvalue weighted by Gasteiger charge is -2.22. The van der Waals surface area contributed by atoms with Gasteiger partial charge < -0.3 is 9.84 Å². The summed E-state index contributed by atoms with van der Waals surface area (Å²) in [5.41, 5.74) is 0.867. The first kappa shape index (κ1) is 28.9. The van der Waals surface area contributed by atoms with Gasteiger partial charge in [-0.25, -0.2) is 4.39 Å². The first-order valence-corrected chi connectivity index (χ1v) is 14.6. The highest BCUT2D eigenvalue weighted by Gasteiger charge is 2.48. The summed E-state index contributed by atoms with van der Waals surface area (Å²) in [5.74, 6) is -1.68. The molecule has 1 aliphatic rings. The van der Waals surface area contributed by atoms with Crippen molar-refractivity contribution in [2.24, 2.45) is 0 Å². The van der Waals surface area contributed by atoms with E-state index < -0.39 is 28.4 Å². The fraction of sp³-hybridized carbons (Fsp3) is 0.172. The summed E-state index contributed by atoms with van der Waals surface area (Å²) in [6, 6.07) is 16.7. The van der Waals surface area contributed by atoms with Crippen molar-refractivity contribution >= 4 is 51.4 Å². The van der Waals surface area contributed by atoms with Crippen LogP contribution in [0.5, 0.6) is 5.75 Å². The van der Waals surface area contributed by atoms with Gasteiger partial charge in [0.05, 0.1) is 23.1 Å². The maximum Gasteiger partial charge on any atom is 0.301 e. The molecule has 1 fully saturated rings. The quantitative estimate of drug-likeness (QED) is 0.0420. The van der Waals surface area contributed by atoms with Crippen LogP contribution in [0.3, 0.4) is 0 Å². The maximum atomic E-state index is 13.4. The Labute approximate surface area is 247 Å². The van der Waals surface area contributed by atoms with E-state index in [-0.39, 0.29) is 33.3 Å². The van der Waals surface area contributed by atoms with Crippen LogP contribution in [0.4, 0.5) is 15.2 Å². The van der Waals surface area contributed by atoms with Gasteiger partial charge in [0.25, 0.3) is 11.5 Å². The molecule has 0 aliphatic carbocycles. The number of nitro groups is 1. The van der Waals surface area contributed by atoms with E-state index in [2.05, 4.69) is 10.2 Å². The fourth-order valence-electron chi connectivity index (χ4n) is 4.32. The van der Waals surface area contributed by atoms with E-state index >= 15 is 0 Å². The van der Waals surface area contributed by atoms with Gasteiger partial charge in [-0.1, -0.05) is 54.3 Å². The molecule has 1 unspecified atom stereocenters. The number of carbonyl (C=O) groups is 2. The molecule has 1 saturated heterocycles. The van der Waals surface area contributed by atoms with Gasteiger partial charge in [-0.15, -0.1) is 10.2 Å². The number of nitrogens with zero attached hydrogens (tertiary/aromatic N) is 4. The molecule has 0 spiro atoms. The van der Waals surface area contributed by atoms with Crippen LogP contribution in [0, 0.1) is 15.9 Å². The van der Waals surface area contributed by atoms with Crippen molar-refractivity contribution in [3.63, 3.8) is 0 Å². The Morgan fingerprint density at radius 3 is 2.55 bits per heavy atom. The van der Waals surface area contributed by atoms with Crippen molar-refractivity contribution < 1.29 is 28.7 Å². The minimum absolute atomic E-state index is 0.0811. The number of thioether (sulfide) groups is 1. The number of ether oxygens (including phenoxy) is 1. The number of carbonyl (C=O) groups excluding carboxylic acids is 2. The number of hydrogen-bond acceptors (Lipinski definition) is 10. The van der Waals surface area contributed by atoms with Crippen LogP contribution in [0.25, 0.3) is 5.76 Å². The number of non-ortho nitro benzene ring substituents is 1. The number of rotatable bonds is 10. The number of Topliss-reactive ketones (excluding diaryl/α,β-unsaturated/α-hetero) is 1. The zero-order chi connectivity index (χ0) is 29.8. The van der Waals surface area contributed by atoms with Crippen molar-refractivity contribution in [1.29, 1.82) is 0 Å². The number of nitro benzene ring substituents is 1. The van der Waals surface area contributed by atoms with E-state index in [4.69, 9.17) is 4.74 Å². The molecule has 2 heterocycles. The van der Waals surface area contributed by atoms with Gasteiger partial charge in [-0.3, -0.25) is 24.6 Å². The molecule has 214 valence electrons. The molecular weight excluding hydrogens is 583 g/mol. The number of hydrogen-bond donors (Lipinski definition) is 1. The molecule has 0 saturated carbocycles. The molecule has 1 N–H and O–H groups in total. The Morgan fingerprint density at radius 2 is 1.86 bits per heavy atom. The van der Waals surface area contributed by atoms with Gasteiger partial charge >= 0.3 is 5.91 Å². The Kier molecular flexibility index (Phi) is 8.59. The van der Waals surface area contributed by atoms with Crippen LogP contribution in [0.1, 0.15) is 36.1 Å². The number of ketones is 1. The number of halogens is 1. The summed E-state index contributed by atoms with van der Waals surface area (Å²) in [5, 5.41) is 31.2. The number of anilines is 1. The normalized spacial score (nSPS) is 16.1. The lowest BCUT2D eigenvalue weighted by molar-refractivity contribution is -0.384. The van der Waals surface area contributed by atoms with Gasteiger partial charge in [-0.2, -0.15) is 0 Å². The molecule has 3 aromatic carbocycles. The topological polar surface area (TPSA) is 136 Å². The van der Waals surface area contributed by atoms with Crippen molar-refractivity contribution in [1.82, 2.24) is 10.2 Å². The summed E-state index contributed by atoms with van der Waals surface area (Å²) in [6.45, 7) is 2.48. The summed E-state index contributed by atoms with van der Waals surface area (Å²) < 4.78 is 19.3. The lowest BCUT2D eigenvalue weighted by atomic mass is 9.95. The molecule has 1 aromatic heterocycles. The number of aliphatic hydroxyl groups excluding tert-OH is 1. The summed E-state index contributed by atoms with van der Waals surface area (Å²) >= 11 is 2.36. The molecular formula is C29H23FN4O6S2. The van der Waals surface area contributed by atoms with E-state index in [0.717, 1.165) is 28.2 Å². The molecule has 4 aromatic rings. The second-order valence-electron chi connectivity index (χ2n) is 9.16. The van der Waals surface area contributed by atoms with Gasteiger partial charge in [0, 0.05) is 23.4 Å². The van der Waals surface area contributed by atoms with E-state index in [1.165, 1.54) is 48.2 Å². The molecule has 13 heteroatoms. The Morgan fingerprint density at radius 1 is 1.12 bits per heavy atom. The zero-order valence-electron chi connectivity index (χ0n) is 22.1. The number of aromatic nitrogens is 2. The zero-order valence-corrected chi connectivity index (χ0v) is 23.7. The average molecular weight is 607 g/mol. The largest absolute Gasteiger partial charge is 0.507 e. The summed E-state index contributed by atoms with van der Waals surface area (Å²) in [4.78, 5) is 38.9. The van der Waals surface area contributed by atoms with Gasteiger partial charge in [0.15, 0.2) is 4.34 Å². The third kappa shape index (κ3) is 6.02. The third-order valence-electron chi connectivity index (χ3n) is 6.32. The lowest BCUT2D eigenvalue weighted by Crippen LogP contribution is -2.29. The first-order chi connectivity index (χ1) is 20.3. The van der Waals surface area contributed by atoms with E-state index in [9.17, 15) is 29.2 Å². The number of amides is 1. The first-order valence-electron chi connectivity index (χ1n) is 12.8. The SMILES string of the molecule is CCCOc1ccc(/C(O)=C2/C(=O)C(=O)N(c3nnc(SCc4ccc(F)cc4)s3)C2c2cccc([N+](=O)[O-])c2)cc1. The molecule has 1 amide bonds. The van der Waals surface area contributed by atoms with E-state index in [1.54, 1.807) is 36.4 Å². The minimum atomic E-state index is -1.20. The molecule has 10 nitrogen and oxygen atoms in total. The monoisotopic (exact) mass is 606 g/mol. The Bertz CT molecular complexity index is 1670. The van der Waals surface area contributed by atoms with Crippen molar-refractivity contribution in [2.75, 3.05) is 11.5 Å². The van der Waals surface area contributed by atoms with Crippen molar-refractivity contribution in [3.05, 3.63) is 111 Å². The fourth-order valence-corrected chi connectivity index (χ4v) is 6.15. The molecule has 5 rings (SSSR count). The van der Waals surface area contributed by atoms with Crippen LogP contribution in [-0.4, -0.2) is 38.5 Å². The third-order valence-corrected chi connectivity index (χ3v) is 8.45. The number of aliphatic hydroxyl groups is 1. The standard InChI is InChI=1S/C29H23FN4O6S2/c1-2-14-40-22-12-8-18(9-13-22)25(35)23-24(19-4-3-5-21(15-19)34(38)39)33(27(37)26(23)36)28-31-32-29(42-28)41-16-17-6-10-20(30)11-7-17/h3-13,15,24,35H,2,14,16H2,1H3/b25-23-. The highest BCUT2D eigenvalue weighted by Crippen LogP contribution is 2.44. The maximum absolute atomic E-state index is 13.4. The Balaban J connectivity index is 1.53. The van der Waals surface area contributed by atoms with Gasteiger partial charge in [-0.05, 0) is 53.9 Å². The summed E-state index contributed by atoms with van der Waals surface area (Å²) in [6.07, 6.45) is 0.812. The van der Waals surface area contributed by atoms with E-state index in [0.29, 0.717) is 22.4 Å². The average Bonchev–Trinajstić information content (AvgIpc) is 3.57. The summed E-state index contributed by atoms with van der Waals surface area (Å²) in [7, 11) is 0. The highest BCUT2D eigenvalue weighted by atomic mass is 32.2. The molecule has 0 radical (unpaired) electrons. The molecule has 0 bridgehead atoms. The van der Waals surface area contributed by atoms with Crippen LogP contribution < -0.4 is 9.64 Å². The number of benzene rings is 3. The second kappa shape index (κ2) is 12.5. The van der Waals surface area contributed by atoms with Crippen LogP contribution >= 0.6 is 23.1 Å². The van der Waals surface area contributed by atoms with Crippen LogP contribution in [-0.2, 0) is 15.3 Å². The highest BCUT2D eigenvalue weighted by molar-refractivity contribution is 8.00. The molecule has 1 aliphatic heterocycles. The minimum Gasteiger partial charge on any atom is -0.507 e. The van der Waals surface area contributed by atoms with Crippen LogP contribution in [0.2, 0.25) is 0 Å². The predicted molar refractivity (Wildman–Crippen MR) is 156 cm³/mol. The van der Waals surface area contributed by atoms with Gasteiger partial charge in [0.1, 0.15) is 17.3 Å². The Hall–Kier alpha value is -4.62. The van der Waals surface area contributed by atoms with E-state index in [1.807, 2.05) is 6.92 Å². The van der Waals surface area contributed by atoms with Crippen LogP contribution in [0.15, 0.2) is 82.7 Å². The van der Waals surface area contributed by atoms with Crippen molar-refractivity contribution in [3.8, 4) is 5.75 Å². The smallest absolute Gasteiger partial charge is 0.301 e. The predicted octanol–water partition coefficient (Wildman–Crippen LogP) is 6.29. The second-order valence-corrected chi connectivity index (χ2v) is 11.3. The van der Waals surface area contributed by atoms with Crippen molar-refractivity contribution in [2.45, 2.75) is 29.5 Å².